The molecule has 0 unspecified atom stereocenters. The Morgan fingerprint density at radius 3 is 2.47 bits per heavy atom. The van der Waals surface area contributed by atoms with E-state index in [-0.39, 0.29) is 11.7 Å². The van der Waals surface area contributed by atoms with E-state index in [0.29, 0.717) is 17.8 Å². The zero-order valence-electron chi connectivity index (χ0n) is 16.9. The highest BCUT2D eigenvalue weighted by atomic mass is 32.1. The summed E-state index contributed by atoms with van der Waals surface area (Å²) >= 11 is 1.39. The van der Waals surface area contributed by atoms with Gasteiger partial charge in [-0.1, -0.05) is 24.3 Å². The van der Waals surface area contributed by atoms with Gasteiger partial charge in [0.1, 0.15) is 10.7 Å². The second-order valence-corrected chi connectivity index (χ2v) is 8.36. The van der Waals surface area contributed by atoms with E-state index in [4.69, 9.17) is 4.74 Å². The van der Waals surface area contributed by atoms with Crippen molar-refractivity contribution in [3.63, 3.8) is 0 Å². The minimum absolute atomic E-state index is 0.118. The zero-order valence-corrected chi connectivity index (χ0v) is 17.7. The highest BCUT2D eigenvalue weighted by Crippen LogP contribution is 2.22. The van der Waals surface area contributed by atoms with E-state index < -0.39 is 0 Å². The Morgan fingerprint density at radius 1 is 1.10 bits per heavy atom. The summed E-state index contributed by atoms with van der Waals surface area (Å²) in [7, 11) is 0. The van der Waals surface area contributed by atoms with Crippen LogP contribution in [0.3, 0.4) is 0 Å². The molecule has 0 atom stereocenters. The maximum Gasteiger partial charge on any atom is 0.263 e. The molecule has 0 aliphatic carbocycles. The van der Waals surface area contributed by atoms with Gasteiger partial charge >= 0.3 is 0 Å². The van der Waals surface area contributed by atoms with Crippen LogP contribution in [0.25, 0.3) is 0 Å². The van der Waals surface area contributed by atoms with Gasteiger partial charge in [-0.25, -0.2) is 9.37 Å². The maximum absolute atomic E-state index is 13.1. The average molecular weight is 426 g/mol. The molecule has 1 aliphatic rings. The molecule has 1 aromatic heterocycles. The smallest absolute Gasteiger partial charge is 0.263 e. The number of rotatable bonds is 6. The van der Waals surface area contributed by atoms with Gasteiger partial charge < -0.3 is 15.0 Å². The highest BCUT2D eigenvalue weighted by molar-refractivity contribution is 7.13. The summed E-state index contributed by atoms with van der Waals surface area (Å²) in [6, 6.07) is 14.6. The highest BCUT2D eigenvalue weighted by Gasteiger charge is 2.16. The van der Waals surface area contributed by atoms with E-state index in [1.165, 1.54) is 29.2 Å². The van der Waals surface area contributed by atoms with Gasteiger partial charge in [0.15, 0.2) is 0 Å². The third-order valence-corrected chi connectivity index (χ3v) is 6.24. The van der Waals surface area contributed by atoms with Crippen LogP contribution in [0.1, 0.15) is 31.5 Å². The molecule has 1 amide bonds. The number of hydrogen-bond donors (Lipinski definition) is 1. The Labute approximate surface area is 179 Å². The Bertz CT molecular complexity index is 996. The molecule has 156 valence electrons. The first kappa shape index (κ1) is 20.5. The normalized spacial score (nSPS) is 14.0. The minimum atomic E-state index is -0.257. The fourth-order valence-electron chi connectivity index (χ4n) is 3.42. The van der Waals surface area contributed by atoms with Crippen LogP contribution in [0.5, 0.6) is 0 Å². The van der Waals surface area contributed by atoms with Crippen molar-refractivity contribution < 1.29 is 13.9 Å². The number of benzene rings is 2. The van der Waals surface area contributed by atoms with Crippen molar-refractivity contribution in [1.82, 2.24) is 10.3 Å². The van der Waals surface area contributed by atoms with Crippen LogP contribution in [0.15, 0.2) is 48.5 Å². The lowest BCUT2D eigenvalue weighted by Crippen LogP contribution is -2.36. The molecule has 2 heterocycles. The average Bonchev–Trinajstić information content (AvgIpc) is 3.14. The monoisotopic (exact) mass is 425 g/mol. The molecule has 1 aliphatic heterocycles. The van der Waals surface area contributed by atoms with Gasteiger partial charge in [0, 0.05) is 31.7 Å². The number of carbonyl (C=O) groups is 1. The van der Waals surface area contributed by atoms with Crippen molar-refractivity contribution in [3.05, 3.63) is 81.1 Å². The number of amides is 1. The number of ether oxygens (including phenoxy) is 1. The molecule has 30 heavy (non-hydrogen) atoms. The predicted molar refractivity (Wildman–Crippen MR) is 117 cm³/mol. The fraction of sp³-hybridized carbons (Fsp3) is 0.304. The second kappa shape index (κ2) is 9.36. The number of aromatic nitrogens is 1. The lowest BCUT2D eigenvalue weighted by Gasteiger charge is -2.28. The maximum atomic E-state index is 13.1. The number of hydrogen-bond acceptors (Lipinski definition) is 5. The van der Waals surface area contributed by atoms with Crippen LogP contribution in [0.2, 0.25) is 0 Å². The van der Waals surface area contributed by atoms with Gasteiger partial charge in [-0.15, -0.1) is 11.3 Å². The molecule has 1 saturated heterocycles. The minimum Gasteiger partial charge on any atom is -0.378 e. The third-order valence-electron chi connectivity index (χ3n) is 5.08. The van der Waals surface area contributed by atoms with E-state index in [9.17, 15) is 9.18 Å². The molecule has 5 nitrogen and oxygen atoms in total. The molecular formula is C23H24FN3O2S. The molecule has 0 spiro atoms. The molecule has 0 saturated carbocycles. The largest absolute Gasteiger partial charge is 0.378 e. The molecule has 1 N–H and O–H groups in total. The van der Waals surface area contributed by atoms with E-state index in [1.807, 2.05) is 19.1 Å². The van der Waals surface area contributed by atoms with Crippen molar-refractivity contribution in [2.45, 2.75) is 19.9 Å². The first-order valence-corrected chi connectivity index (χ1v) is 10.8. The van der Waals surface area contributed by atoms with Crippen LogP contribution in [0, 0.1) is 12.7 Å². The van der Waals surface area contributed by atoms with E-state index in [1.54, 1.807) is 12.1 Å². The van der Waals surface area contributed by atoms with Crippen molar-refractivity contribution >= 4 is 22.9 Å². The first-order valence-electron chi connectivity index (χ1n) is 9.99. The molecule has 4 rings (SSSR count). The summed E-state index contributed by atoms with van der Waals surface area (Å²) in [5.74, 6) is -0.375. The third kappa shape index (κ3) is 5.04. The number of nitrogens with one attached hydrogen (secondary N) is 1. The molecule has 1 fully saturated rings. The number of thiazole rings is 1. The lowest BCUT2D eigenvalue weighted by molar-refractivity contribution is 0.0954. The fourth-order valence-corrected chi connectivity index (χ4v) is 4.44. The first-order chi connectivity index (χ1) is 14.6. The van der Waals surface area contributed by atoms with Gasteiger partial charge in [-0.05, 0) is 42.3 Å². The standard InChI is InChI=1S/C23H24FN3O2S/c1-16-22(30-21(26-16)14-17-2-6-19(24)7-3-17)23(28)25-15-18-4-8-20(9-5-18)27-10-12-29-13-11-27/h2-9H,10-15H2,1H3,(H,25,28). The Morgan fingerprint density at radius 2 is 1.77 bits per heavy atom. The Hall–Kier alpha value is -2.77. The summed E-state index contributed by atoms with van der Waals surface area (Å²) in [5.41, 5.74) is 3.92. The molecule has 2 aromatic carbocycles. The van der Waals surface area contributed by atoms with E-state index in [0.717, 1.165) is 48.1 Å². The van der Waals surface area contributed by atoms with Crippen molar-refractivity contribution in [2.24, 2.45) is 0 Å². The Balaban J connectivity index is 1.34. The predicted octanol–water partition coefficient (Wildman–Crippen LogP) is 3.95. The van der Waals surface area contributed by atoms with Crippen molar-refractivity contribution in [1.29, 1.82) is 0 Å². The summed E-state index contributed by atoms with van der Waals surface area (Å²) in [6.07, 6.45) is 0.585. The van der Waals surface area contributed by atoms with Crippen LogP contribution >= 0.6 is 11.3 Å². The lowest BCUT2D eigenvalue weighted by atomic mass is 10.1. The summed E-state index contributed by atoms with van der Waals surface area (Å²) in [6.45, 7) is 5.63. The number of carbonyl (C=O) groups excluding carboxylic acids is 1. The van der Waals surface area contributed by atoms with Crippen LogP contribution < -0.4 is 10.2 Å². The zero-order chi connectivity index (χ0) is 20.9. The van der Waals surface area contributed by atoms with E-state index >= 15 is 0 Å². The molecule has 3 aromatic rings. The Kier molecular flexibility index (Phi) is 6.40. The second-order valence-electron chi connectivity index (χ2n) is 7.27. The van der Waals surface area contributed by atoms with Crippen LogP contribution in [-0.4, -0.2) is 37.2 Å². The van der Waals surface area contributed by atoms with Gasteiger partial charge in [0.05, 0.1) is 23.9 Å². The molecular weight excluding hydrogens is 401 g/mol. The summed E-state index contributed by atoms with van der Waals surface area (Å²) in [5, 5.41) is 3.83. The van der Waals surface area contributed by atoms with Crippen LogP contribution in [0.4, 0.5) is 10.1 Å². The number of halogens is 1. The number of aryl methyl sites for hydroxylation is 1. The number of nitrogens with zero attached hydrogens (tertiary/aromatic N) is 2. The van der Waals surface area contributed by atoms with Gasteiger partial charge in [-0.2, -0.15) is 0 Å². The van der Waals surface area contributed by atoms with Gasteiger partial charge in [-0.3, -0.25) is 4.79 Å². The summed E-state index contributed by atoms with van der Waals surface area (Å²) < 4.78 is 18.5. The van der Waals surface area contributed by atoms with Crippen molar-refractivity contribution in [2.75, 3.05) is 31.2 Å². The summed E-state index contributed by atoms with van der Waals surface area (Å²) in [4.78, 5) is 20.1. The topological polar surface area (TPSA) is 54.5 Å². The number of anilines is 1. The SMILES string of the molecule is Cc1nc(Cc2ccc(F)cc2)sc1C(=O)NCc1ccc(N2CCOCC2)cc1. The molecule has 7 heteroatoms. The molecule has 0 radical (unpaired) electrons. The quantitative estimate of drug-likeness (QED) is 0.650. The van der Waals surface area contributed by atoms with Crippen LogP contribution in [-0.2, 0) is 17.7 Å². The van der Waals surface area contributed by atoms with Gasteiger partial charge in [0.25, 0.3) is 5.91 Å². The van der Waals surface area contributed by atoms with Crippen molar-refractivity contribution in [3.8, 4) is 0 Å². The number of morpholine rings is 1. The molecule has 0 bridgehead atoms. The van der Waals surface area contributed by atoms with E-state index in [2.05, 4.69) is 27.3 Å². The van der Waals surface area contributed by atoms with Gasteiger partial charge in [0.2, 0.25) is 0 Å².